The SMILES string of the molecule is [B]c1nc(C=O)c2ccccn12. The maximum absolute atomic E-state index is 10.5. The summed E-state index contributed by atoms with van der Waals surface area (Å²) in [6, 6.07) is 5.47. The minimum atomic E-state index is 0.340. The summed E-state index contributed by atoms with van der Waals surface area (Å²) < 4.78 is 1.67. The van der Waals surface area contributed by atoms with E-state index < -0.39 is 0 Å². The van der Waals surface area contributed by atoms with Gasteiger partial charge in [-0.3, -0.25) is 4.79 Å². The zero-order valence-corrected chi connectivity index (χ0v) is 6.27. The van der Waals surface area contributed by atoms with Gasteiger partial charge in [0.05, 0.1) is 11.2 Å². The summed E-state index contributed by atoms with van der Waals surface area (Å²) >= 11 is 0. The second kappa shape index (κ2) is 2.48. The third-order valence-electron chi connectivity index (χ3n) is 1.72. The number of fused-ring (bicyclic) bond motifs is 1. The number of carbonyl (C=O) groups is 1. The molecule has 0 saturated heterocycles. The van der Waals surface area contributed by atoms with E-state index in [1.54, 1.807) is 16.7 Å². The first-order valence-corrected chi connectivity index (χ1v) is 3.50. The van der Waals surface area contributed by atoms with Crippen molar-refractivity contribution in [1.82, 2.24) is 9.38 Å². The Hall–Kier alpha value is -1.58. The summed E-state index contributed by atoms with van der Waals surface area (Å²) in [5.74, 6) is 0. The van der Waals surface area contributed by atoms with Crippen LogP contribution in [0.4, 0.5) is 0 Å². The van der Waals surface area contributed by atoms with Crippen LogP contribution in [0.2, 0.25) is 0 Å². The number of nitrogens with zero attached hydrogens (tertiary/aromatic N) is 2. The average molecular weight is 156 g/mol. The summed E-state index contributed by atoms with van der Waals surface area (Å²) in [6.07, 6.45) is 2.47. The molecule has 0 aromatic carbocycles. The fraction of sp³-hybridized carbons (Fsp3) is 0. The van der Waals surface area contributed by atoms with E-state index in [-0.39, 0.29) is 0 Å². The minimum Gasteiger partial charge on any atom is -0.312 e. The third kappa shape index (κ3) is 0.846. The maximum atomic E-state index is 10.5. The van der Waals surface area contributed by atoms with Gasteiger partial charge in [-0.05, 0) is 12.1 Å². The van der Waals surface area contributed by atoms with Crippen molar-refractivity contribution >= 4 is 25.4 Å². The highest BCUT2D eigenvalue weighted by Gasteiger charge is 2.03. The predicted octanol–water partition coefficient (Wildman–Crippen LogP) is -0.0594. The Kier molecular flexibility index (Phi) is 1.47. The topological polar surface area (TPSA) is 34.4 Å². The molecule has 0 amide bonds. The van der Waals surface area contributed by atoms with Crippen LogP contribution in [-0.4, -0.2) is 23.5 Å². The fourth-order valence-electron chi connectivity index (χ4n) is 1.17. The molecule has 2 rings (SSSR count). The van der Waals surface area contributed by atoms with E-state index in [4.69, 9.17) is 7.85 Å². The smallest absolute Gasteiger partial charge is 0.170 e. The first-order valence-electron chi connectivity index (χ1n) is 3.50. The Morgan fingerprint density at radius 3 is 3.08 bits per heavy atom. The van der Waals surface area contributed by atoms with Gasteiger partial charge >= 0.3 is 0 Å². The highest BCUT2D eigenvalue weighted by atomic mass is 16.1. The Labute approximate surface area is 70.4 Å². The normalized spacial score (nSPS) is 10.3. The Morgan fingerprint density at radius 1 is 1.50 bits per heavy atom. The molecule has 2 aromatic rings. The summed E-state index contributed by atoms with van der Waals surface area (Å²) in [5, 5.41) is 0. The number of aromatic nitrogens is 2. The van der Waals surface area contributed by atoms with Crippen LogP contribution in [0, 0.1) is 0 Å². The molecule has 56 valence electrons. The van der Waals surface area contributed by atoms with Gasteiger partial charge in [-0.15, -0.1) is 0 Å². The lowest BCUT2D eigenvalue weighted by molar-refractivity contribution is 0.112. The molecule has 2 heterocycles. The summed E-state index contributed by atoms with van der Waals surface area (Å²) in [6.45, 7) is 0. The summed E-state index contributed by atoms with van der Waals surface area (Å²) in [4.78, 5) is 14.4. The van der Waals surface area contributed by atoms with Crippen molar-refractivity contribution in [1.29, 1.82) is 0 Å². The zero-order valence-electron chi connectivity index (χ0n) is 6.27. The molecule has 0 aliphatic heterocycles. The molecule has 0 aliphatic rings. The number of pyridine rings is 1. The summed E-state index contributed by atoms with van der Waals surface area (Å²) in [7, 11) is 5.55. The lowest BCUT2D eigenvalue weighted by Gasteiger charge is -1.92. The van der Waals surface area contributed by atoms with E-state index in [1.807, 2.05) is 12.1 Å². The molecule has 4 heteroatoms. The van der Waals surface area contributed by atoms with Crippen LogP contribution in [0.25, 0.3) is 5.52 Å². The number of imidazole rings is 1. The van der Waals surface area contributed by atoms with Gasteiger partial charge in [0, 0.05) is 6.20 Å². The predicted molar refractivity (Wildman–Crippen MR) is 46.0 cm³/mol. The molecule has 0 aliphatic carbocycles. The molecular weight excluding hydrogens is 151 g/mol. The van der Waals surface area contributed by atoms with Crippen LogP contribution in [0.1, 0.15) is 10.5 Å². The van der Waals surface area contributed by atoms with Crippen LogP contribution in [-0.2, 0) is 0 Å². The van der Waals surface area contributed by atoms with Gasteiger partial charge in [0.1, 0.15) is 5.69 Å². The van der Waals surface area contributed by atoms with Crippen molar-refractivity contribution in [3.8, 4) is 0 Å². The van der Waals surface area contributed by atoms with Gasteiger partial charge < -0.3 is 4.40 Å². The van der Waals surface area contributed by atoms with E-state index in [2.05, 4.69) is 4.98 Å². The maximum Gasteiger partial charge on any atom is 0.170 e. The van der Waals surface area contributed by atoms with Gasteiger partial charge in [0.2, 0.25) is 0 Å². The van der Waals surface area contributed by atoms with E-state index >= 15 is 0 Å². The molecule has 0 bridgehead atoms. The van der Waals surface area contributed by atoms with Gasteiger partial charge in [0.15, 0.2) is 14.1 Å². The number of carbonyl (C=O) groups excluding carboxylic acids is 1. The lowest BCUT2D eigenvalue weighted by Crippen LogP contribution is -2.11. The van der Waals surface area contributed by atoms with Gasteiger partial charge in [-0.1, -0.05) is 6.07 Å². The molecule has 0 N–H and O–H groups in total. The number of hydrogen-bond donors (Lipinski definition) is 0. The van der Waals surface area contributed by atoms with Gasteiger partial charge in [0.25, 0.3) is 0 Å². The number of hydrogen-bond acceptors (Lipinski definition) is 2. The standard InChI is InChI=1S/C8H5BN2O/c9-8-10-6(5-12)7-3-1-2-4-11(7)8/h1-5H. The van der Waals surface area contributed by atoms with E-state index in [1.165, 1.54) is 0 Å². The van der Waals surface area contributed by atoms with Crippen LogP contribution < -0.4 is 5.72 Å². The van der Waals surface area contributed by atoms with Crippen molar-refractivity contribution in [3.05, 3.63) is 30.1 Å². The molecular formula is C8H5BN2O. The second-order valence-corrected chi connectivity index (χ2v) is 2.43. The molecule has 12 heavy (non-hydrogen) atoms. The monoisotopic (exact) mass is 156 g/mol. The van der Waals surface area contributed by atoms with Crippen molar-refractivity contribution in [2.45, 2.75) is 0 Å². The third-order valence-corrected chi connectivity index (χ3v) is 1.72. The van der Waals surface area contributed by atoms with Crippen molar-refractivity contribution in [2.24, 2.45) is 0 Å². The minimum absolute atomic E-state index is 0.340. The quantitative estimate of drug-likeness (QED) is 0.428. The lowest BCUT2D eigenvalue weighted by atomic mass is 10.1. The van der Waals surface area contributed by atoms with Crippen molar-refractivity contribution < 1.29 is 4.79 Å². The number of rotatable bonds is 1. The molecule has 0 saturated carbocycles. The van der Waals surface area contributed by atoms with E-state index in [9.17, 15) is 4.79 Å². The largest absolute Gasteiger partial charge is 0.312 e. The van der Waals surface area contributed by atoms with Crippen molar-refractivity contribution in [3.63, 3.8) is 0 Å². The number of aldehydes is 1. The second-order valence-electron chi connectivity index (χ2n) is 2.43. The van der Waals surface area contributed by atoms with Crippen LogP contribution in [0.15, 0.2) is 24.4 Å². The van der Waals surface area contributed by atoms with E-state index in [0.29, 0.717) is 17.7 Å². The Bertz CT molecular complexity index is 436. The van der Waals surface area contributed by atoms with E-state index in [0.717, 1.165) is 5.52 Å². The molecule has 0 unspecified atom stereocenters. The van der Waals surface area contributed by atoms with Gasteiger partial charge in [-0.25, -0.2) is 4.98 Å². The Balaban J connectivity index is 2.91. The van der Waals surface area contributed by atoms with Crippen LogP contribution in [0.5, 0.6) is 0 Å². The molecule has 2 aromatic heterocycles. The molecule has 3 nitrogen and oxygen atoms in total. The van der Waals surface area contributed by atoms with Gasteiger partial charge in [-0.2, -0.15) is 0 Å². The molecule has 2 radical (unpaired) electrons. The fourth-order valence-corrected chi connectivity index (χ4v) is 1.17. The first kappa shape index (κ1) is 7.09. The molecule has 0 fully saturated rings. The van der Waals surface area contributed by atoms with Crippen molar-refractivity contribution in [2.75, 3.05) is 0 Å². The van der Waals surface area contributed by atoms with Crippen LogP contribution >= 0.6 is 0 Å². The average Bonchev–Trinajstić information content (AvgIpc) is 2.44. The highest BCUT2D eigenvalue weighted by molar-refractivity contribution is 6.30. The molecule has 0 atom stereocenters. The first-order chi connectivity index (χ1) is 5.83. The summed E-state index contributed by atoms with van der Waals surface area (Å²) in [5.41, 5.74) is 1.46. The molecule has 0 spiro atoms. The zero-order chi connectivity index (χ0) is 8.55. The Morgan fingerprint density at radius 2 is 2.33 bits per heavy atom. The highest BCUT2D eigenvalue weighted by Crippen LogP contribution is 2.03. The van der Waals surface area contributed by atoms with Crippen LogP contribution in [0.3, 0.4) is 0 Å².